The molecule has 0 aliphatic carbocycles. The quantitative estimate of drug-likeness (QED) is 0.606. The fraction of sp³-hybridized carbons (Fsp3) is 0.368. The third kappa shape index (κ3) is 3.70. The highest BCUT2D eigenvalue weighted by Crippen LogP contribution is 2.36. The minimum absolute atomic E-state index is 0.0357. The summed E-state index contributed by atoms with van der Waals surface area (Å²) in [5.41, 5.74) is 0.735. The van der Waals surface area contributed by atoms with Gasteiger partial charge in [0.15, 0.2) is 5.13 Å². The highest BCUT2D eigenvalue weighted by atomic mass is 32.1. The highest BCUT2D eigenvalue weighted by molar-refractivity contribution is 7.22. The van der Waals surface area contributed by atoms with Crippen LogP contribution in [0.15, 0.2) is 41.3 Å². The minimum atomic E-state index is -0.129. The van der Waals surface area contributed by atoms with Crippen molar-refractivity contribution in [3.63, 3.8) is 0 Å². The average Bonchev–Trinajstić information content (AvgIpc) is 3.09. The van der Waals surface area contributed by atoms with E-state index in [0.717, 1.165) is 21.1 Å². The summed E-state index contributed by atoms with van der Waals surface area (Å²) in [6, 6.07) is 8.97. The average molecular weight is 399 g/mol. The maximum atomic E-state index is 12.3. The molecule has 146 valence electrons. The van der Waals surface area contributed by atoms with Crippen molar-refractivity contribution in [1.29, 1.82) is 0 Å². The Kier molecular flexibility index (Phi) is 5.25. The summed E-state index contributed by atoms with van der Waals surface area (Å²) < 4.78 is 7.84. The van der Waals surface area contributed by atoms with Crippen LogP contribution in [-0.4, -0.2) is 47.4 Å². The second-order valence-electron chi connectivity index (χ2n) is 6.63. The van der Waals surface area contributed by atoms with Gasteiger partial charge in [-0.1, -0.05) is 17.4 Å². The van der Waals surface area contributed by atoms with E-state index in [1.165, 1.54) is 10.7 Å². The molecule has 3 aromatic rings. The number of aromatic nitrogens is 3. The number of hydrogen-bond donors (Lipinski definition) is 1. The number of hydrogen-bond acceptors (Lipinski definition) is 7. The van der Waals surface area contributed by atoms with Gasteiger partial charge in [-0.25, -0.2) is 9.67 Å². The number of methoxy groups -OCH3 is 1. The Morgan fingerprint density at radius 3 is 2.96 bits per heavy atom. The van der Waals surface area contributed by atoms with Crippen molar-refractivity contribution >= 4 is 32.6 Å². The van der Waals surface area contributed by atoms with Crippen molar-refractivity contribution in [1.82, 2.24) is 20.1 Å². The number of para-hydroxylation sites is 1. The molecule has 1 N–H and O–H groups in total. The molecule has 2 aromatic heterocycles. The van der Waals surface area contributed by atoms with E-state index in [2.05, 4.69) is 20.3 Å². The van der Waals surface area contributed by atoms with Crippen LogP contribution in [0, 0.1) is 5.92 Å². The molecule has 0 bridgehead atoms. The standard InChI is InChI=1S/C19H21N5O3S/c1-27-14-5-2-6-15-17(14)22-19(28-15)23-11-13(12-23)18(26)20-8-4-10-24-16(25)7-3-9-21-24/h2-3,5-7,9,13H,4,8,10-12H2,1H3,(H,20,26). The Hall–Kier alpha value is -2.94. The van der Waals surface area contributed by atoms with Crippen LogP contribution in [0.4, 0.5) is 5.13 Å². The smallest absolute Gasteiger partial charge is 0.266 e. The van der Waals surface area contributed by atoms with Crippen molar-refractivity contribution in [3.8, 4) is 5.75 Å². The van der Waals surface area contributed by atoms with Crippen molar-refractivity contribution in [2.24, 2.45) is 5.92 Å². The first kappa shape index (κ1) is 18.4. The van der Waals surface area contributed by atoms with Crippen molar-refractivity contribution in [2.45, 2.75) is 13.0 Å². The first-order valence-corrected chi connectivity index (χ1v) is 9.95. The fourth-order valence-corrected chi connectivity index (χ4v) is 4.15. The Balaban J connectivity index is 1.25. The number of thiazole rings is 1. The van der Waals surface area contributed by atoms with Gasteiger partial charge >= 0.3 is 0 Å². The van der Waals surface area contributed by atoms with Gasteiger partial charge in [0.05, 0.1) is 17.7 Å². The second kappa shape index (κ2) is 7.97. The number of anilines is 1. The predicted octanol–water partition coefficient (Wildman–Crippen LogP) is 1.50. The summed E-state index contributed by atoms with van der Waals surface area (Å²) in [5.74, 6) is 0.775. The summed E-state index contributed by atoms with van der Waals surface area (Å²) in [6.07, 6.45) is 2.25. The predicted molar refractivity (Wildman–Crippen MR) is 108 cm³/mol. The molecular formula is C19H21N5O3S. The number of nitrogens with zero attached hydrogens (tertiary/aromatic N) is 4. The van der Waals surface area contributed by atoms with Gasteiger partial charge < -0.3 is 15.0 Å². The largest absolute Gasteiger partial charge is 0.494 e. The third-order valence-corrected chi connectivity index (χ3v) is 5.83. The van der Waals surface area contributed by atoms with Crippen molar-refractivity contribution < 1.29 is 9.53 Å². The molecule has 0 radical (unpaired) electrons. The van der Waals surface area contributed by atoms with Crippen LogP contribution in [0.2, 0.25) is 0 Å². The van der Waals surface area contributed by atoms with Crippen LogP contribution in [-0.2, 0) is 11.3 Å². The molecule has 1 fully saturated rings. The zero-order valence-corrected chi connectivity index (χ0v) is 16.3. The Bertz CT molecular complexity index is 1040. The van der Waals surface area contributed by atoms with Gasteiger partial charge in [0.1, 0.15) is 11.3 Å². The molecule has 0 saturated carbocycles. The molecule has 1 saturated heterocycles. The Morgan fingerprint density at radius 2 is 2.18 bits per heavy atom. The number of benzene rings is 1. The van der Waals surface area contributed by atoms with Crippen molar-refractivity contribution in [2.75, 3.05) is 31.6 Å². The molecule has 3 heterocycles. The normalized spacial score (nSPS) is 14.1. The summed E-state index contributed by atoms with van der Waals surface area (Å²) in [6.45, 7) is 2.34. The minimum Gasteiger partial charge on any atom is -0.494 e. The molecule has 8 nitrogen and oxygen atoms in total. The number of ether oxygens (including phenoxy) is 1. The molecule has 4 rings (SSSR count). The molecule has 1 aliphatic heterocycles. The zero-order valence-electron chi connectivity index (χ0n) is 15.5. The van der Waals surface area contributed by atoms with Gasteiger partial charge in [-0.2, -0.15) is 5.10 Å². The SMILES string of the molecule is COc1cccc2sc(N3CC(C(=O)NCCCn4ncccc4=O)C3)nc12. The molecule has 1 amide bonds. The zero-order chi connectivity index (χ0) is 19.5. The summed E-state index contributed by atoms with van der Waals surface area (Å²) in [7, 11) is 1.64. The Morgan fingerprint density at radius 1 is 1.32 bits per heavy atom. The number of carbonyl (C=O) groups excluding carboxylic acids is 1. The fourth-order valence-electron chi connectivity index (χ4n) is 3.15. The van der Waals surface area contributed by atoms with Gasteiger partial charge in [-0.3, -0.25) is 9.59 Å². The van der Waals surface area contributed by atoms with Crippen LogP contribution in [0.25, 0.3) is 10.2 Å². The number of fused-ring (bicyclic) bond motifs is 1. The van der Waals surface area contributed by atoms with E-state index in [9.17, 15) is 9.59 Å². The molecule has 1 aromatic carbocycles. The monoisotopic (exact) mass is 399 g/mol. The van der Waals surface area contributed by atoms with E-state index in [4.69, 9.17) is 4.74 Å². The molecule has 1 aliphatic rings. The van der Waals surface area contributed by atoms with Crippen LogP contribution in [0.5, 0.6) is 5.75 Å². The van der Waals surface area contributed by atoms with E-state index in [-0.39, 0.29) is 17.4 Å². The molecule has 28 heavy (non-hydrogen) atoms. The van der Waals surface area contributed by atoms with Gasteiger partial charge in [0.25, 0.3) is 5.56 Å². The van der Waals surface area contributed by atoms with Gasteiger partial charge in [0.2, 0.25) is 5.91 Å². The lowest BCUT2D eigenvalue weighted by Crippen LogP contribution is -2.53. The Labute approximate surface area is 165 Å². The van der Waals surface area contributed by atoms with Crippen LogP contribution < -0.4 is 20.5 Å². The van der Waals surface area contributed by atoms with Gasteiger partial charge in [-0.05, 0) is 24.6 Å². The molecular weight excluding hydrogens is 378 g/mol. The molecule has 9 heteroatoms. The van der Waals surface area contributed by atoms with Crippen LogP contribution in [0.1, 0.15) is 6.42 Å². The topological polar surface area (TPSA) is 89.4 Å². The van der Waals surface area contributed by atoms with Gasteiger partial charge in [-0.15, -0.1) is 0 Å². The summed E-state index contributed by atoms with van der Waals surface area (Å²) in [4.78, 5) is 30.7. The third-order valence-electron chi connectivity index (χ3n) is 4.74. The lowest BCUT2D eigenvalue weighted by Gasteiger charge is -2.37. The summed E-state index contributed by atoms with van der Waals surface area (Å²) in [5, 5.41) is 7.86. The lowest BCUT2D eigenvalue weighted by atomic mass is 10.00. The van der Waals surface area contributed by atoms with Crippen molar-refractivity contribution in [3.05, 3.63) is 46.9 Å². The number of aryl methyl sites for hydroxylation is 1. The first-order valence-electron chi connectivity index (χ1n) is 9.14. The number of rotatable bonds is 7. The number of nitrogens with one attached hydrogen (secondary N) is 1. The molecule has 0 unspecified atom stereocenters. The highest BCUT2D eigenvalue weighted by Gasteiger charge is 2.34. The first-order chi connectivity index (χ1) is 13.7. The lowest BCUT2D eigenvalue weighted by molar-refractivity contribution is -0.125. The molecule has 0 atom stereocenters. The van der Waals surface area contributed by atoms with E-state index < -0.39 is 0 Å². The van der Waals surface area contributed by atoms with Crippen LogP contribution >= 0.6 is 11.3 Å². The number of amides is 1. The van der Waals surface area contributed by atoms with E-state index in [1.807, 2.05) is 18.2 Å². The van der Waals surface area contributed by atoms with Gasteiger partial charge in [0, 0.05) is 38.4 Å². The molecule has 0 spiro atoms. The van der Waals surface area contributed by atoms with E-state index >= 15 is 0 Å². The second-order valence-corrected chi connectivity index (χ2v) is 7.64. The van der Waals surface area contributed by atoms with Crippen LogP contribution in [0.3, 0.4) is 0 Å². The number of carbonyl (C=O) groups is 1. The maximum Gasteiger partial charge on any atom is 0.266 e. The van der Waals surface area contributed by atoms with E-state index in [1.54, 1.807) is 30.7 Å². The van der Waals surface area contributed by atoms with E-state index in [0.29, 0.717) is 32.6 Å². The summed E-state index contributed by atoms with van der Waals surface area (Å²) >= 11 is 1.61. The maximum absolute atomic E-state index is 12.3.